The number of aromatic amines is 1. The SMILES string of the molecule is N#C[13c]1c2c(c(-c3ccc([N+](=O)[O-])cc3)[nH]c1=O)CCCC2. The van der Waals surface area contributed by atoms with Gasteiger partial charge in [0.25, 0.3) is 11.2 Å². The maximum Gasteiger partial charge on any atom is 0.269 e. The quantitative estimate of drug-likeness (QED) is 0.680. The zero-order valence-electron chi connectivity index (χ0n) is 11.8. The van der Waals surface area contributed by atoms with Gasteiger partial charge in [-0.1, -0.05) is 0 Å². The molecule has 0 spiro atoms. The van der Waals surface area contributed by atoms with E-state index in [-0.39, 0.29) is 11.3 Å². The van der Waals surface area contributed by atoms with E-state index in [9.17, 15) is 20.2 Å². The molecule has 1 heterocycles. The van der Waals surface area contributed by atoms with Gasteiger partial charge < -0.3 is 4.98 Å². The number of rotatable bonds is 2. The van der Waals surface area contributed by atoms with E-state index in [0.717, 1.165) is 42.4 Å². The van der Waals surface area contributed by atoms with Gasteiger partial charge in [-0.05, 0) is 54.5 Å². The molecule has 1 aromatic heterocycles. The molecule has 1 aromatic carbocycles. The maximum absolute atomic E-state index is 12.1. The lowest BCUT2D eigenvalue weighted by atomic mass is 9.90. The molecule has 6 nitrogen and oxygen atoms in total. The number of nitrogens with zero attached hydrogens (tertiary/aromatic N) is 2. The maximum atomic E-state index is 12.1. The number of hydrogen-bond acceptors (Lipinski definition) is 4. The average molecular weight is 296 g/mol. The fraction of sp³-hybridized carbons (Fsp3) is 0.250. The van der Waals surface area contributed by atoms with Gasteiger partial charge in [-0.15, -0.1) is 0 Å². The van der Waals surface area contributed by atoms with E-state index in [1.165, 1.54) is 12.1 Å². The minimum atomic E-state index is -0.458. The van der Waals surface area contributed by atoms with Crippen LogP contribution in [0.4, 0.5) is 5.69 Å². The van der Waals surface area contributed by atoms with E-state index >= 15 is 0 Å². The monoisotopic (exact) mass is 296 g/mol. The minimum Gasteiger partial charge on any atom is -0.321 e. The van der Waals surface area contributed by atoms with Crippen LogP contribution in [0.15, 0.2) is 29.1 Å². The molecule has 1 N–H and O–H groups in total. The molecule has 0 saturated heterocycles. The van der Waals surface area contributed by atoms with E-state index in [0.29, 0.717) is 5.69 Å². The van der Waals surface area contributed by atoms with Crippen molar-refractivity contribution in [3.63, 3.8) is 0 Å². The number of nitriles is 1. The molecule has 1 aliphatic carbocycles. The van der Waals surface area contributed by atoms with Gasteiger partial charge in [-0.2, -0.15) is 5.26 Å². The van der Waals surface area contributed by atoms with Gasteiger partial charge in [0.1, 0.15) is 11.6 Å². The first-order chi connectivity index (χ1) is 10.6. The number of aromatic nitrogens is 1. The third kappa shape index (κ3) is 2.27. The highest BCUT2D eigenvalue weighted by Crippen LogP contribution is 2.31. The predicted molar refractivity (Wildman–Crippen MR) is 80.5 cm³/mol. The van der Waals surface area contributed by atoms with Gasteiger partial charge in [0.15, 0.2) is 0 Å². The van der Waals surface area contributed by atoms with Crippen molar-refractivity contribution in [3.05, 3.63) is 61.4 Å². The van der Waals surface area contributed by atoms with Crippen molar-refractivity contribution in [2.75, 3.05) is 0 Å². The van der Waals surface area contributed by atoms with Crippen LogP contribution in [-0.4, -0.2) is 9.91 Å². The predicted octanol–water partition coefficient (Wildman–Crippen LogP) is 2.70. The second-order valence-electron chi connectivity index (χ2n) is 5.28. The van der Waals surface area contributed by atoms with Crippen LogP contribution in [0.5, 0.6) is 0 Å². The topological polar surface area (TPSA) is 99.8 Å². The molecule has 3 rings (SSSR count). The van der Waals surface area contributed by atoms with Crippen LogP contribution in [0.25, 0.3) is 11.3 Å². The summed E-state index contributed by atoms with van der Waals surface area (Å²) in [5.74, 6) is 0. The zero-order chi connectivity index (χ0) is 15.7. The number of nitrogens with one attached hydrogen (secondary N) is 1. The van der Waals surface area contributed by atoms with E-state index in [1.54, 1.807) is 12.1 Å². The lowest BCUT2D eigenvalue weighted by Crippen LogP contribution is -2.20. The molecule has 0 saturated carbocycles. The molecule has 0 amide bonds. The van der Waals surface area contributed by atoms with E-state index in [2.05, 4.69) is 4.98 Å². The molecule has 0 atom stereocenters. The van der Waals surface area contributed by atoms with Crippen molar-refractivity contribution in [2.45, 2.75) is 25.7 Å². The standard InChI is InChI=1S/C16H13N3O3/c17-9-14-12-3-1-2-4-13(12)15(18-16(14)20)10-5-7-11(8-6-10)19(21)22/h5-8H,1-4H2,(H,18,20)/i14+1. The number of pyridine rings is 1. The summed E-state index contributed by atoms with van der Waals surface area (Å²) in [6.07, 6.45) is 3.49. The Hall–Kier alpha value is -2.94. The summed E-state index contributed by atoms with van der Waals surface area (Å²) in [5, 5.41) is 19.9. The summed E-state index contributed by atoms with van der Waals surface area (Å²) < 4.78 is 0. The number of nitro groups is 1. The lowest BCUT2D eigenvalue weighted by molar-refractivity contribution is -0.384. The number of benzene rings is 1. The third-order valence-electron chi connectivity index (χ3n) is 4.02. The van der Waals surface area contributed by atoms with Gasteiger partial charge in [0, 0.05) is 12.1 Å². The molecule has 0 fully saturated rings. The number of non-ortho nitro benzene ring substituents is 1. The Bertz CT molecular complexity index is 845. The Morgan fingerprint density at radius 1 is 1.14 bits per heavy atom. The highest BCUT2D eigenvalue weighted by molar-refractivity contribution is 5.67. The number of nitro benzene ring substituents is 1. The van der Waals surface area contributed by atoms with E-state index < -0.39 is 10.5 Å². The summed E-state index contributed by atoms with van der Waals surface area (Å²) >= 11 is 0. The fourth-order valence-corrected chi connectivity index (χ4v) is 2.96. The van der Waals surface area contributed by atoms with Crippen LogP contribution in [0, 0.1) is 21.4 Å². The first kappa shape index (κ1) is 14.0. The molecule has 110 valence electrons. The normalized spacial score (nSPS) is 13.2. The number of hydrogen-bond donors (Lipinski definition) is 1. The molecule has 22 heavy (non-hydrogen) atoms. The molecule has 0 aliphatic heterocycles. The van der Waals surface area contributed by atoms with E-state index in [1.807, 2.05) is 6.07 Å². The third-order valence-corrected chi connectivity index (χ3v) is 4.02. The van der Waals surface area contributed by atoms with Crippen LogP contribution < -0.4 is 5.56 Å². The average Bonchev–Trinajstić information content (AvgIpc) is 2.54. The lowest BCUT2D eigenvalue weighted by Gasteiger charge is -2.20. The van der Waals surface area contributed by atoms with Crippen LogP contribution >= 0.6 is 0 Å². The smallest absolute Gasteiger partial charge is 0.269 e. The van der Waals surface area contributed by atoms with Gasteiger partial charge in [-0.25, -0.2) is 0 Å². The zero-order valence-corrected chi connectivity index (χ0v) is 11.8. The Morgan fingerprint density at radius 2 is 1.77 bits per heavy atom. The summed E-state index contributed by atoms with van der Waals surface area (Å²) in [7, 11) is 0. The van der Waals surface area contributed by atoms with Gasteiger partial charge >= 0.3 is 0 Å². The highest BCUT2D eigenvalue weighted by Gasteiger charge is 2.21. The summed E-state index contributed by atoms with van der Waals surface area (Å²) in [5.41, 5.74) is 3.02. The van der Waals surface area contributed by atoms with Crippen LogP contribution in [0.2, 0.25) is 0 Å². The van der Waals surface area contributed by atoms with Crippen molar-refractivity contribution in [2.24, 2.45) is 0 Å². The van der Waals surface area contributed by atoms with Crippen molar-refractivity contribution in [3.8, 4) is 17.3 Å². The fourth-order valence-electron chi connectivity index (χ4n) is 2.96. The largest absolute Gasteiger partial charge is 0.321 e. The molecule has 2 aromatic rings. The Balaban J connectivity index is 2.19. The highest BCUT2D eigenvalue weighted by atomic mass is 16.6. The Kier molecular flexibility index (Phi) is 3.47. The first-order valence-electron chi connectivity index (χ1n) is 7.04. The summed E-state index contributed by atoms with van der Waals surface area (Å²) in [6.45, 7) is 0. The molecule has 6 heteroatoms. The second-order valence-corrected chi connectivity index (χ2v) is 5.28. The van der Waals surface area contributed by atoms with Crippen molar-refractivity contribution in [1.82, 2.24) is 4.98 Å². The summed E-state index contributed by atoms with van der Waals surface area (Å²) in [4.78, 5) is 25.2. The molecular formula is C16H13N3O3. The molecule has 0 bridgehead atoms. The van der Waals surface area contributed by atoms with Gasteiger partial charge in [-0.3, -0.25) is 14.9 Å². The Morgan fingerprint density at radius 3 is 2.36 bits per heavy atom. The van der Waals surface area contributed by atoms with E-state index in [4.69, 9.17) is 0 Å². The van der Waals surface area contributed by atoms with Crippen LogP contribution in [0.1, 0.15) is 29.5 Å². The van der Waals surface area contributed by atoms with Gasteiger partial charge in [0.05, 0.1) is 10.6 Å². The first-order valence-corrected chi connectivity index (χ1v) is 7.04. The Labute approximate surface area is 126 Å². The number of fused-ring (bicyclic) bond motifs is 1. The van der Waals surface area contributed by atoms with Crippen molar-refractivity contribution in [1.29, 1.82) is 5.26 Å². The van der Waals surface area contributed by atoms with Crippen LogP contribution in [0.3, 0.4) is 0 Å². The molecule has 1 aliphatic rings. The number of H-pyrrole nitrogens is 1. The summed E-state index contributed by atoms with van der Waals surface area (Å²) in [6, 6.07) is 8.09. The van der Waals surface area contributed by atoms with Crippen molar-refractivity contribution < 1.29 is 4.92 Å². The van der Waals surface area contributed by atoms with Crippen molar-refractivity contribution >= 4 is 5.69 Å². The second kappa shape index (κ2) is 5.45. The van der Waals surface area contributed by atoms with Crippen LogP contribution in [-0.2, 0) is 12.8 Å². The minimum absolute atomic E-state index is 0.00797. The van der Waals surface area contributed by atoms with Gasteiger partial charge in [0.2, 0.25) is 0 Å². The molecule has 0 unspecified atom stereocenters. The molecular weight excluding hydrogens is 283 g/mol. The molecule has 0 radical (unpaired) electrons.